The van der Waals surface area contributed by atoms with Gasteiger partial charge in [-0.05, 0) is 30.0 Å². The Kier molecular flexibility index (Phi) is 5.21. The first-order valence-electron chi connectivity index (χ1n) is 9.86. The maximum absolute atomic E-state index is 12.8. The van der Waals surface area contributed by atoms with Gasteiger partial charge in [-0.2, -0.15) is 0 Å². The van der Waals surface area contributed by atoms with Crippen molar-refractivity contribution in [3.05, 3.63) is 82.9 Å². The summed E-state index contributed by atoms with van der Waals surface area (Å²) < 4.78 is 10.9. The van der Waals surface area contributed by atoms with Crippen molar-refractivity contribution in [3.8, 4) is 11.1 Å². The predicted molar refractivity (Wildman–Crippen MR) is 109 cm³/mol. The van der Waals surface area contributed by atoms with E-state index in [1.807, 2.05) is 54.6 Å². The Morgan fingerprint density at radius 3 is 2.45 bits per heavy atom. The van der Waals surface area contributed by atoms with Crippen LogP contribution in [-0.2, 0) is 19.1 Å². The van der Waals surface area contributed by atoms with Gasteiger partial charge in [0.2, 0.25) is 5.88 Å². The number of Topliss-reactive ketones (excluding diaryl/α,β-unsaturated/α-hetero) is 1. The van der Waals surface area contributed by atoms with Crippen LogP contribution in [0, 0.1) is 0 Å². The summed E-state index contributed by atoms with van der Waals surface area (Å²) in [5, 5.41) is 0. The number of allylic oxidation sites excluding steroid dienone is 2. The maximum Gasteiger partial charge on any atom is 0.340 e. The summed E-state index contributed by atoms with van der Waals surface area (Å²) in [6.45, 7) is 1.95. The number of hydrogen-bond donors (Lipinski definition) is 1. The summed E-state index contributed by atoms with van der Waals surface area (Å²) in [7, 11) is 0. The van der Waals surface area contributed by atoms with Gasteiger partial charge in [0.15, 0.2) is 5.78 Å². The van der Waals surface area contributed by atoms with Crippen LogP contribution in [0.2, 0.25) is 0 Å². The second-order valence-corrected chi connectivity index (χ2v) is 7.14. The van der Waals surface area contributed by atoms with Crippen molar-refractivity contribution in [2.45, 2.75) is 32.1 Å². The molecule has 1 aliphatic heterocycles. The van der Waals surface area contributed by atoms with Crippen LogP contribution in [0.25, 0.3) is 11.1 Å². The average Bonchev–Trinajstić information content (AvgIpc) is 2.74. The molecule has 0 fully saturated rings. The highest BCUT2D eigenvalue weighted by Crippen LogP contribution is 2.44. The van der Waals surface area contributed by atoms with E-state index in [0.29, 0.717) is 24.2 Å². The Morgan fingerprint density at radius 1 is 1.07 bits per heavy atom. The summed E-state index contributed by atoms with van der Waals surface area (Å²) in [5.41, 5.74) is 9.83. The topological polar surface area (TPSA) is 78.6 Å². The highest BCUT2D eigenvalue weighted by atomic mass is 16.5. The first kappa shape index (κ1) is 19.0. The molecule has 2 aliphatic rings. The molecule has 4 rings (SSSR count). The lowest BCUT2D eigenvalue weighted by molar-refractivity contribution is -0.139. The molecule has 2 aromatic carbocycles. The van der Waals surface area contributed by atoms with Gasteiger partial charge in [-0.1, -0.05) is 54.6 Å². The molecule has 5 nitrogen and oxygen atoms in total. The molecule has 1 aliphatic carbocycles. The van der Waals surface area contributed by atoms with Gasteiger partial charge in [-0.15, -0.1) is 0 Å². The maximum atomic E-state index is 12.8. The lowest BCUT2D eigenvalue weighted by atomic mass is 9.77. The minimum atomic E-state index is -0.574. The number of ether oxygens (including phenoxy) is 2. The summed E-state index contributed by atoms with van der Waals surface area (Å²) in [4.78, 5) is 25.5. The van der Waals surface area contributed by atoms with Crippen LogP contribution in [0.5, 0.6) is 0 Å². The molecule has 2 aromatic rings. The van der Waals surface area contributed by atoms with Crippen LogP contribution in [0.1, 0.15) is 37.7 Å². The van der Waals surface area contributed by atoms with Crippen LogP contribution in [0.4, 0.5) is 0 Å². The fourth-order valence-corrected chi connectivity index (χ4v) is 4.00. The molecule has 0 radical (unpaired) electrons. The van der Waals surface area contributed by atoms with E-state index in [0.717, 1.165) is 23.1 Å². The third-order valence-corrected chi connectivity index (χ3v) is 5.33. The molecule has 1 heterocycles. The van der Waals surface area contributed by atoms with E-state index in [1.54, 1.807) is 6.92 Å². The molecule has 29 heavy (non-hydrogen) atoms. The van der Waals surface area contributed by atoms with E-state index in [1.165, 1.54) is 0 Å². The first-order chi connectivity index (χ1) is 14.1. The zero-order valence-corrected chi connectivity index (χ0v) is 16.3. The quantitative estimate of drug-likeness (QED) is 0.793. The molecule has 2 N–H and O–H groups in total. The van der Waals surface area contributed by atoms with Crippen molar-refractivity contribution in [3.63, 3.8) is 0 Å². The second-order valence-electron chi connectivity index (χ2n) is 7.14. The first-order valence-corrected chi connectivity index (χ1v) is 9.86. The second kappa shape index (κ2) is 7.95. The van der Waals surface area contributed by atoms with E-state index in [4.69, 9.17) is 15.2 Å². The van der Waals surface area contributed by atoms with Crippen LogP contribution >= 0.6 is 0 Å². The zero-order chi connectivity index (χ0) is 20.4. The molecule has 5 heteroatoms. The largest absolute Gasteiger partial charge is 0.462 e. The van der Waals surface area contributed by atoms with E-state index >= 15 is 0 Å². The average molecular weight is 389 g/mol. The van der Waals surface area contributed by atoms with Gasteiger partial charge in [0.25, 0.3) is 0 Å². The Balaban J connectivity index is 1.79. The normalized spacial score (nSPS) is 18.9. The fraction of sp³-hybridized carbons (Fsp3) is 0.250. The lowest BCUT2D eigenvalue weighted by Crippen LogP contribution is -2.31. The number of hydrogen-bond acceptors (Lipinski definition) is 5. The van der Waals surface area contributed by atoms with Gasteiger partial charge in [0.05, 0.1) is 12.5 Å². The molecule has 0 bridgehead atoms. The van der Waals surface area contributed by atoms with Crippen LogP contribution in [0.15, 0.2) is 77.4 Å². The Labute approximate surface area is 169 Å². The van der Waals surface area contributed by atoms with Crippen molar-refractivity contribution in [1.82, 2.24) is 0 Å². The number of carbonyl (C=O) groups is 2. The number of rotatable bonds is 4. The Hall–Kier alpha value is -3.34. The summed E-state index contributed by atoms with van der Waals surface area (Å²) in [5.74, 6) is -0.530. The minimum Gasteiger partial charge on any atom is -0.462 e. The van der Waals surface area contributed by atoms with Crippen LogP contribution < -0.4 is 5.73 Å². The summed E-state index contributed by atoms with van der Waals surface area (Å²) in [6, 6.07) is 17.9. The smallest absolute Gasteiger partial charge is 0.340 e. The molecule has 0 amide bonds. The third-order valence-electron chi connectivity index (χ3n) is 5.33. The van der Waals surface area contributed by atoms with Crippen LogP contribution in [0.3, 0.4) is 0 Å². The Morgan fingerprint density at radius 2 is 1.76 bits per heavy atom. The third kappa shape index (κ3) is 3.56. The fourth-order valence-electron chi connectivity index (χ4n) is 4.00. The molecule has 0 saturated carbocycles. The molecule has 1 atom stereocenters. The highest BCUT2D eigenvalue weighted by molar-refractivity contribution is 6.03. The van der Waals surface area contributed by atoms with E-state index in [2.05, 4.69) is 0 Å². The molecule has 0 spiro atoms. The van der Waals surface area contributed by atoms with Gasteiger partial charge < -0.3 is 15.2 Å². The van der Waals surface area contributed by atoms with Gasteiger partial charge in [0.1, 0.15) is 11.3 Å². The molecule has 148 valence electrons. The highest BCUT2D eigenvalue weighted by Gasteiger charge is 2.41. The number of esters is 1. The molecular weight excluding hydrogens is 366 g/mol. The van der Waals surface area contributed by atoms with Crippen molar-refractivity contribution < 1.29 is 19.1 Å². The van der Waals surface area contributed by atoms with E-state index in [9.17, 15) is 9.59 Å². The molecular formula is C24H23NO4. The Bertz CT molecular complexity index is 1000. The van der Waals surface area contributed by atoms with Crippen molar-refractivity contribution in [2.24, 2.45) is 5.73 Å². The summed E-state index contributed by atoms with van der Waals surface area (Å²) in [6.07, 6.45) is 1.80. The van der Waals surface area contributed by atoms with Crippen molar-refractivity contribution in [2.75, 3.05) is 6.61 Å². The van der Waals surface area contributed by atoms with Crippen molar-refractivity contribution in [1.29, 1.82) is 0 Å². The standard InChI is InChI=1S/C24H23NO4/c1-2-28-24(27)22-20(21-18(26)9-6-10-19(21)29-23(22)25)17-13-11-16(12-14-17)15-7-4-3-5-8-15/h3-5,7-8,11-14,20H,2,6,9-10,25H2,1H3. The van der Waals surface area contributed by atoms with Crippen LogP contribution in [-0.4, -0.2) is 18.4 Å². The molecule has 0 aromatic heterocycles. The molecule has 0 saturated heterocycles. The molecule has 1 unspecified atom stereocenters. The number of ketones is 1. The van der Waals surface area contributed by atoms with Crippen molar-refractivity contribution >= 4 is 11.8 Å². The van der Waals surface area contributed by atoms with Gasteiger partial charge in [0, 0.05) is 18.4 Å². The number of carbonyl (C=O) groups excluding carboxylic acids is 2. The van der Waals surface area contributed by atoms with Gasteiger partial charge >= 0.3 is 5.97 Å². The van der Waals surface area contributed by atoms with Gasteiger partial charge in [-0.3, -0.25) is 4.79 Å². The van der Waals surface area contributed by atoms with E-state index < -0.39 is 11.9 Å². The predicted octanol–water partition coefficient (Wildman–Crippen LogP) is 4.21. The minimum absolute atomic E-state index is 0.00214. The lowest BCUT2D eigenvalue weighted by Gasteiger charge is -2.32. The number of benzene rings is 2. The number of nitrogens with two attached hydrogens (primary N) is 1. The van der Waals surface area contributed by atoms with E-state index in [-0.39, 0.29) is 23.8 Å². The SMILES string of the molecule is CCOC(=O)C1=C(N)OC2=C(C(=O)CCC2)C1c1ccc(-c2ccccc2)cc1. The van der Waals surface area contributed by atoms with Gasteiger partial charge in [-0.25, -0.2) is 4.79 Å². The monoisotopic (exact) mass is 389 g/mol. The summed E-state index contributed by atoms with van der Waals surface area (Å²) >= 11 is 0. The zero-order valence-electron chi connectivity index (χ0n) is 16.3.